The van der Waals surface area contributed by atoms with Gasteiger partial charge in [-0.15, -0.1) is 0 Å². The Balaban J connectivity index is 1.87. The lowest BCUT2D eigenvalue weighted by Crippen LogP contribution is -2.39. The third-order valence-electron chi connectivity index (χ3n) is 3.51. The molecule has 0 bridgehead atoms. The maximum Gasteiger partial charge on any atom is 0.289 e. The Bertz CT molecular complexity index is 603. The molecule has 0 fully saturated rings. The lowest BCUT2D eigenvalue weighted by atomic mass is 9.97. The van der Waals surface area contributed by atoms with Crippen LogP contribution in [0.15, 0.2) is 29.0 Å². The van der Waals surface area contributed by atoms with Gasteiger partial charge < -0.3 is 14.1 Å². The van der Waals surface area contributed by atoms with Gasteiger partial charge in [-0.05, 0) is 12.1 Å². The first kappa shape index (κ1) is 12.9. The summed E-state index contributed by atoms with van der Waals surface area (Å²) in [5, 5.41) is 4.48. The second-order valence-electron chi connectivity index (χ2n) is 5.03. The van der Waals surface area contributed by atoms with Gasteiger partial charge in [0.2, 0.25) is 0 Å². The lowest BCUT2D eigenvalue weighted by Gasteiger charge is -2.31. The van der Waals surface area contributed by atoms with E-state index in [1.165, 1.54) is 6.26 Å². The lowest BCUT2D eigenvalue weighted by molar-refractivity contribution is 0.0647. The van der Waals surface area contributed by atoms with Gasteiger partial charge in [0.1, 0.15) is 0 Å². The molecule has 0 spiro atoms. The fourth-order valence-corrected chi connectivity index (χ4v) is 2.69. The number of rotatable bonds is 3. The standard InChI is InChI=1S/C14H17N3O3/c1-16-6-10-7-17(14(18)12-4-3-5-20-12)8-11(9-19-2)13(10)15-16/h3-6,11H,7-9H2,1-2H3. The van der Waals surface area contributed by atoms with E-state index < -0.39 is 0 Å². The fraction of sp³-hybridized carbons (Fsp3) is 0.429. The third-order valence-corrected chi connectivity index (χ3v) is 3.51. The van der Waals surface area contributed by atoms with E-state index in [0.29, 0.717) is 25.5 Å². The highest BCUT2D eigenvalue weighted by Gasteiger charge is 2.31. The molecule has 0 aromatic carbocycles. The third kappa shape index (κ3) is 2.22. The van der Waals surface area contributed by atoms with Crippen molar-refractivity contribution < 1.29 is 13.9 Å². The topological polar surface area (TPSA) is 60.5 Å². The van der Waals surface area contributed by atoms with Gasteiger partial charge in [-0.1, -0.05) is 0 Å². The minimum Gasteiger partial charge on any atom is -0.459 e. The molecule has 106 valence electrons. The van der Waals surface area contributed by atoms with Crippen LogP contribution in [-0.2, 0) is 18.3 Å². The molecule has 6 heteroatoms. The summed E-state index contributed by atoms with van der Waals surface area (Å²) in [6.45, 7) is 1.70. The van der Waals surface area contributed by atoms with Crippen molar-refractivity contribution in [1.82, 2.24) is 14.7 Å². The van der Waals surface area contributed by atoms with Gasteiger partial charge in [0.25, 0.3) is 5.91 Å². The Morgan fingerprint density at radius 1 is 1.60 bits per heavy atom. The molecule has 1 aliphatic heterocycles. The van der Waals surface area contributed by atoms with Gasteiger partial charge in [-0.2, -0.15) is 5.10 Å². The maximum atomic E-state index is 12.4. The minimum atomic E-state index is -0.0920. The number of ether oxygens (including phenoxy) is 1. The quantitative estimate of drug-likeness (QED) is 0.849. The largest absolute Gasteiger partial charge is 0.459 e. The number of hydrogen-bond acceptors (Lipinski definition) is 4. The van der Waals surface area contributed by atoms with Crippen LogP contribution in [0.1, 0.15) is 27.7 Å². The molecule has 1 aliphatic rings. The summed E-state index contributed by atoms with van der Waals surface area (Å²) in [5.41, 5.74) is 2.10. The number of amides is 1. The Labute approximate surface area is 116 Å². The average molecular weight is 275 g/mol. The predicted molar refractivity (Wildman–Crippen MR) is 71.3 cm³/mol. The molecule has 0 N–H and O–H groups in total. The monoisotopic (exact) mass is 275 g/mol. The number of nitrogens with zero attached hydrogens (tertiary/aromatic N) is 3. The van der Waals surface area contributed by atoms with Crippen LogP contribution in [0.4, 0.5) is 0 Å². The number of carbonyl (C=O) groups excluding carboxylic acids is 1. The van der Waals surface area contributed by atoms with Crippen LogP contribution in [0.5, 0.6) is 0 Å². The average Bonchev–Trinajstić information content (AvgIpc) is 3.06. The first-order chi connectivity index (χ1) is 9.69. The number of hydrogen-bond donors (Lipinski definition) is 0. The molecule has 0 saturated carbocycles. The highest BCUT2D eigenvalue weighted by molar-refractivity contribution is 5.91. The van der Waals surface area contributed by atoms with Crippen LogP contribution < -0.4 is 0 Å². The molecular weight excluding hydrogens is 258 g/mol. The number of methoxy groups -OCH3 is 1. The van der Waals surface area contributed by atoms with Gasteiger partial charge in [0.05, 0.1) is 18.6 Å². The number of aromatic nitrogens is 2. The van der Waals surface area contributed by atoms with E-state index in [1.54, 1.807) is 28.8 Å². The fourth-order valence-electron chi connectivity index (χ4n) is 2.69. The van der Waals surface area contributed by atoms with Crippen molar-refractivity contribution in [2.45, 2.75) is 12.5 Å². The highest BCUT2D eigenvalue weighted by atomic mass is 16.5. The molecular formula is C14H17N3O3. The van der Waals surface area contributed by atoms with Crippen molar-refractivity contribution >= 4 is 5.91 Å². The molecule has 20 heavy (non-hydrogen) atoms. The minimum absolute atomic E-state index is 0.0920. The zero-order chi connectivity index (χ0) is 14.1. The molecule has 0 radical (unpaired) electrons. The molecule has 6 nitrogen and oxygen atoms in total. The Hall–Kier alpha value is -2.08. The van der Waals surface area contributed by atoms with Crippen molar-refractivity contribution in [3.05, 3.63) is 41.6 Å². The van der Waals surface area contributed by atoms with Crippen molar-refractivity contribution in [2.75, 3.05) is 20.3 Å². The van der Waals surface area contributed by atoms with E-state index in [9.17, 15) is 4.79 Å². The highest BCUT2D eigenvalue weighted by Crippen LogP contribution is 2.28. The molecule has 1 amide bonds. The summed E-state index contributed by atoms with van der Waals surface area (Å²) >= 11 is 0. The molecule has 3 rings (SSSR count). The summed E-state index contributed by atoms with van der Waals surface area (Å²) in [7, 11) is 3.55. The molecule has 0 aliphatic carbocycles. The Morgan fingerprint density at radius 2 is 2.45 bits per heavy atom. The predicted octanol–water partition coefficient (Wildman–Crippen LogP) is 1.40. The molecule has 1 atom stereocenters. The van der Waals surface area contributed by atoms with Crippen LogP contribution in [0, 0.1) is 0 Å². The number of aryl methyl sites for hydroxylation is 1. The van der Waals surface area contributed by atoms with Crippen LogP contribution in [0.25, 0.3) is 0 Å². The summed E-state index contributed by atoms with van der Waals surface area (Å²) in [4.78, 5) is 14.2. The van der Waals surface area contributed by atoms with Gasteiger partial charge in [-0.3, -0.25) is 9.48 Å². The molecule has 2 aromatic rings. The van der Waals surface area contributed by atoms with E-state index in [-0.39, 0.29) is 11.8 Å². The van der Waals surface area contributed by atoms with Gasteiger partial charge in [0, 0.05) is 44.9 Å². The van der Waals surface area contributed by atoms with Crippen molar-refractivity contribution in [3.8, 4) is 0 Å². The number of carbonyl (C=O) groups is 1. The molecule has 0 saturated heterocycles. The molecule has 3 heterocycles. The summed E-state index contributed by atoms with van der Waals surface area (Å²) in [5.74, 6) is 0.378. The Morgan fingerprint density at radius 3 is 3.15 bits per heavy atom. The van der Waals surface area contributed by atoms with E-state index in [0.717, 1.165) is 11.3 Å². The van der Waals surface area contributed by atoms with Crippen molar-refractivity contribution in [3.63, 3.8) is 0 Å². The van der Waals surface area contributed by atoms with E-state index in [2.05, 4.69) is 5.10 Å². The first-order valence-corrected chi connectivity index (χ1v) is 6.53. The normalized spacial score (nSPS) is 18.1. The molecule has 2 aromatic heterocycles. The van der Waals surface area contributed by atoms with Gasteiger partial charge >= 0.3 is 0 Å². The second-order valence-corrected chi connectivity index (χ2v) is 5.03. The summed E-state index contributed by atoms with van der Waals surface area (Å²) < 4.78 is 12.2. The zero-order valence-corrected chi connectivity index (χ0v) is 11.6. The number of furan rings is 1. The molecule has 1 unspecified atom stereocenters. The zero-order valence-electron chi connectivity index (χ0n) is 11.6. The van der Waals surface area contributed by atoms with E-state index in [1.807, 2.05) is 13.2 Å². The van der Waals surface area contributed by atoms with Crippen LogP contribution in [0.3, 0.4) is 0 Å². The maximum absolute atomic E-state index is 12.4. The smallest absolute Gasteiger partial charge is 0.289 e. The summed E-state index contributed by atoms with van der Waals surface area (Å²) in [6.07, 6.45) is 3.47. The second kappa shape index (κ2) is 5.13. The first-order valence-electron chi connectivity index (χ1n) is 6.53. The van der Waals surface area contributed by atoms with Crippen molar-refractivity contribution in [1.29, 1.82) is 0 Å². The number of fused-ring (bicyclic) bond motifs is 1. The van der Waals surface area contributed by atoms with Gasteiger partial charge in [0.15, 0.2) is 5.76 Å². The van der Waals surface area contributed by atoms with E-state index >= 15 is 0 Å². The van der Waals surface area contributed by atoms with Crippen LogP contribution in [-0.4, -0.2) is 40.8 Å². The Kier molecular flexibility index (Phi) is 3.31. The summed E-state index contributed by atoms with van der Waals surface area (Å²) in [6, 6.07) is 3.41. The van der Waals surface area contributed by atoms with E-state index in [4.69, 9.17) is 9.15 Å². The van der Waals surface area contributed by atoms with Gasteiger partial charge in [-0.25, -0.2) is 0 Å². The SMILES string of the molecule is COCC1CN(C(=O)c2ccco2)Cc2cn(C)nc21. The van der Waals surface area contributed by atoms with Crippen LogP contribution in [0.2, 0.25) is 0 Å². The van der Waals surface area contributed by atoms with Crippen molar-refractivity contribution in [2.24, 2.45) is 7.05 Å². The van der Waals surface area contributed by atoms with Crippen LogP contribution >= 0.6 is 0 Å².